The fraction of sp³-hybridized carbons (Fsp3) is 0.625. The van der Waals surface area contributed by atoms with Crippen molar-refractivity contribution in [2.45, 2.75) is 39.2 Å². The maximum Gasteiger partial charge on any atom is 0.122 e. The minimum Gasteiger partial charge on any atom is -0.493 e. The van der Waals surface area contributed by atoms with Crippen LogP contribution in [0.2, 0.25) is 0 Å². The molecule has 2 heteroatoms. The molecule has 1 aromatic carbocycles. The lowest BCUT2D eigenvalue weighted by atomic mass is 9.89. The molecular weight excluding hydrogens is 222 g/mol. The topological polar surface area (TPSA) is 35.2 Å². The first-order chi connectivity index (χ1) is 8.76. The molecule has 3 atom stereocenters. The molecule has 3 rings (SSSR count). The molecular formula is C16H23NO. The van der Waals surface area contributed by atoms with Crippen LogP contribution in [0, 0.1) is 24.7 Å². The van der Waals surface area contributed by atoms with Gasteiger partial charge in [-0.3, -0.25) is 0 Å². The van der Waals surface area contributed by atoms with Gasteiger partial charge in [0.1, 0.15) is 5.75 Å². The summed E-state index contributed by atoms with van der Waals surface area (Å²) in [5.41, 5.74) is 8.05. The van der Waals surface area contributed by atoms with E-state index >= 15 is 0 Å². The second-order valence-electron chi connectivity index (χ2n) is 6.05. The Hall–Kier alpha value is -1.02. The largest absolute Gasteiger partial charge is 0.493 e. The van der Waals surface area contributed by atoms with Crippen molar-refractivity contribution < 1.29 is 4.74 Å². The van der Waals surface area contributed by atoms with E-state index in [1.165, 1.54) is 31.2 Å². The number of nitrogens with two attached hydrogens (primary N) is 1. The van der Waals surface area contributed by atoms with Crippen molar-refractivity contribution in [3.05, 3.63) is 29.3 Å². The van der Waals surface area contributed by atoms with Crippen LogP contribution in [-0.4, -0.2) is 6.61 Å². The zero-order valence-electron chi connectivity index (χ0n) is 11.2. The predicted octanol–water partition coefficient (Wildman–Crippen LogP) is 3.27. The van der Waals surface area contributed by atoms with Crippen molar-refractivity contribution >= 4 is 0 Å². The number of hydrogen-bond acceptors (Lipinski definition) is 2. The minimum absolute atomic E-state index is 0.588. The van der Waals surface area contributed by atoms with E-state index in [1.807, 2.05) is 0 Å². The Morgan fingerprint density at radius 3 is 2.83 bits per heavy atom. The lowest BCUT2D eigenvalue weighted by Crippen LogP contribution is -2.18. The van der Waals surface area contributed by atoms with E-state index < -0.39 is 0 Å². The van der Waals surface area contributed by atoms with Crippen molar-refractivity contribution in [2.24, 2.45) is 23.5 Å². The highest BCUT2D eigenvalue weighted by Gasteiger charge is 2.39. The van der Waals surface area contributed by atoms with Crippen LogP contribution in [0.3, 0.4) is 0 Å². The molecule has 2 fully saturated rings. The molecule has 1 aromatic rings. The molecule has 0 radical (unpaired) electrons. The van der Waals surface area contributed by atoms with Crippen LogP contribution < -0.4 is 10.5 Å². The van der Waals surface area contributed by atoms with Gasteiger partial charge in [0.15, 0.2) is 0 Å². The molecule has 2 bridgehead atoms. The zero-order valence-corrected chi connectivity index (χ0v) is 11.2. The smallest absolute Gasteiger partial charge is 0.122 e. The molecule has 2 aliphatic carbocycles. The maximum absolute atomic E-state index is 6.06. The van der Waals surface area contributed by atoms with E-state index in [1.54, 1.807) is 0 Å². The minimum atomic E-state index is 0.588. The molecule has 2 nitrogen and oxygen atoms in total. The highest BCUT2D eigenvalue weighted by molar-refractivity contribution is 5.36. The quantitative estimate of drug-likeness (QED) is 0.883. The third kappa shape index (κ3) is 2.26. The second kappa shape index (κ2) is 4.93. The van der Waals surface area contributed by atoms with Crippen LogP contribution in [0.1, 0.15) is 36.8 Å². The molecule has 2 saturated carbocycles. The van der Waals surface area contributed by atoms with Gasteiger partial charge in [-0.25, -0.2) is 0 Å². The number of fused-ring (bicyclic) bond motifs is 2. The summed E-state index contributed by atoms with van der Waals surface area (Å²) in [6.07, 6.45) is 5.74. The molecule has 98 valence electrons. The first-order valence-electron chi connectivity index (χ1n) is 7.18. The van der Waals surface area contributed by atoms with Gasteiger partial charge in [0.25, 0.3) is 0 Å². The third-order valence-electron chi connectivity index (χ3n) is 4.83. The second-order valence-corrected chi connectivity index (χ2v) is 6.05. The molecule has 0 saturated heterocycles. The molecule has 0 aromatic heterocycles. The van der Waals surface area contributed by atoms with Gasteiger partial charge in [0.2, 0.25) is 0 Å². The van der Waals surface area contributed by atoms with E-state index in [9.17, 15) is 0 Å². The van der Waals surface area contributed by atoms with Gasteiger partial charge in [-0.1, -0.05) is 18.6 Å². The number of hydrogen-bond donors (Lipinski definition) is 1. The van der Waals surface area contributed by atoms with Gasteiger partial charge in [-0.05, 0) is 61.1 Å². The van der Waals surface area contributed by atoms with E-state index in [0.29, 0.717) is 6.54 Å². The van der Waals surface area contributed by atoms with E-state index in [-0.39, 0.29) is 0 Å². The molecule has 3 unspecified atom stereocenters. The summed E-state index contributed by atoms with van der Waals surface area (Å²) in [5, 5.41) is 0. The highest BCUT2D eigenvalue weighted by atomic mass is 16.5. The van der Waals surface area contributed by atoms with Gasteiger partial charge in [0.05, 0.1) is 6.61 Å². The summed E-state index contributed by atoms with van der Waals surface area (Å²) >= 11 is 0. The predicted molar refractivity (Wildman–Crippen MR) is 73.5 cm³/mol. The first-order valence-corrected chi connectivity index (χ1v) is 7.18. The van der Waals surface area contributed by atoms with Gasteiger partial charge in [-0.2, -0.15) is 0 Å². The van der Waals surface area contributed by atoms with Crippen LogP contribution in [0.25, 0.3) is 0 Å². The molecule has 0 heterocycles. The average molecular weight is 245 g/mol. The Balaban J connectivity index is 1.62. The molecule has 0 amide bonds. The van der Waals surface area contributed by atoms with Crippen molar-refractivity contribution in [3.63, 3.8) is 0 Å². The number of aryl methyl sites for hydroxylation is 1. The van der Waals surface area contributed by atoms with Crippen LogP contribution in [0.4, 0.5) is 0 Å². The van der Waals surface area contributed by atoms with E-state index in [2.05, 4.69) is 25.1 Å². The summed E-state index contributed by atoms with van der Waals surface area (Å²) in [7, 11) is 0. The Kier molecular flexibility index (Phi) is 3.29. The monoisotopic (exact) mass is 245 g/mol. The van der Waals surface area contributed by atoms with Crippen molar-refractivity contribution in [2.75, 3.05) is 6.61 Å². The summed E-state index contributed by atoms with van der Waals surface area (Å²) < 4.78 is 6.06. The van der Waals surface area contributed by atoms with Crippen LogP contribution in [0.15, 0.2) is 18.2 Å². The summed E-state index contributed by atoms with van der Waals surface area (Å²) in [6, 6.07) is 6.29. The highest BCUT2D eigenvalue weighted by Crippen LogP contribution is 2.48. The summed E-state index contributed by atoms with van der Waals surface area (Å²) in [6.45, 7) is 3.59. The van der Waals surface area contributed by atoms with Crippen molar-refractivity contribution in [3.8, 4) is 5.75 Å². The fourth-order valence-corrected chi connectivity index (χ4v) is 3.70. The van der Waals surface area contributed by atoms with Crippen molar-refractivity contribution in [1.82, 2.24) is 0 Å². The molecule has 18 heavy (non-hydrogen) atoms. The maximum atomic E-state index is 6.06. The van der Waals surface area contributed by atoms with Gasteiger partial charge < -0.3 is 10.5 Å². The van der Waals surface area contributed by atoms with Crippen LogP contribution in [-0.2, 0) is 6.54 Å². The lowest BCUT2D eigenvalue weighted by Gasteiger charge is -2.22. The van der Waals surface area contributed by atoms with Gasteiger partial charge in [-0.15, -0.1) is 0 Å². The van der Waals surface area contributed by atoms with Crippen LogP contribution >= 0.6 is 0 Å². The Labute approximate surface area is 110 Å². The van der Waals surface area contributed by atoms with E-state index in [0.717, 1.165) is 35.7 Å². The molecule has 2 aliphatic rings. The number of ether oxygens (including phenoxy) is 1. The Morgan fingerprint density at radius 1 is 1.28 bits per heavy atom. The van der Waals surface area contributed by atoms with Gasteiger partial charge in [0, 0.05) is 6.54 Å². The molecule has 0 aliphatic heterocycles. The average Bonchev–Trinajstić information content (AvgIpc) is 3.00. The Morgan fingerprint density at radius 2 is 2.17 bits per heavy atom. The van der Waals surface area contributed by atoms with Crippen molar-refractivity contribution in [1.29, 1.82) is 0 Å². The Bertz CT molecular complexity index is 429. The number of rotatable bonds is 4. The zero-order chi connectivity index (χ0) is 12.5. The molecule has 0 spiro atoms. The van der Waals surface area contributed by atoms with Crippen LogP contribution in [0.5, 0.6) is 5.75 Å². The lowest BCUT2D eigenvalue weighted by molar-refractivity contribution is 0.194. The van der Waals surface area contributed by atoms with E-state index in [4.69, 9.17) is 10.5 Å². The van der Waals surface area contributed by atoms with Gasteiger partial charge >= 0.3 is 0 Å². The first kappa shape index (κ1) is 12.0. The normalized spacial score (nSPS) is 29.8. The summed E-state index contributed by atoms with van der Waals surface area (Å²) in [4.78, 5) is 0. The number of benzene rings is 1. The molecule has 2 N–H and O–H groups in total. The third-order valence-corrected chi connectivity index (χ3v) is 4.83. The standard InChI is InChI=1S/C16H23NO/c1-11-2-3-13(9-17)8-16(11)18-10-15-7-12-4-5-14(15)6-12/h2-3,8,12,14-15H,4-7,9-10,17H2,1H3. The fourth-order valence-electron chi connectivity index (χ4n) is 3.70. The summed E-state index contributed by atoms with van der Waals surface area (Å²) in [5.74, 6) is 3.76. The SMILES string of the molecule is Cc1ccc(CN)cc1OCC1CC2CCC1C2.